The number of benzene rings is 1. The molecule has 10 nitrogen and oxygen atoms in total. The maximum Gasteiger partial charge on any atom is 0.404 e. The number of carbonyl (C=O) groups is 3. The first-order chi connectivity index (χ1) is 16.9. The molecule has 35 heavy (non-hydrogen) atoms. The second-order valence-electron chi connectivity index (χ2n) is 10.2. The zero-order valence-corrected chi connectivity index (χ0v) is 20.2. The third-order valence-corrected chi connectivity index (χ3v) is 7.84. The number of nitrogens with zero attached hydrogens (tertiary/aromatic N) is 4. The second-order valence-corrected chi connectivity index (χ2v) is 10.2. The van der Waals surface area contributed by atoms with E-state index in [4.69, 9.17) is 5.11 Å². The summed E-state index contributed by atoms with van der Waals surface area (Å²) in [4.78, 5) is 39.7. The van der Waals surface area contributed by atoms with Crippen LogP contribution in [0.1, 0.15) is 50.1 Å². The fraction of sp³-hybridized carbons (Fsp3) is 0.600. The number of aromatic nitrogens is 2. The molecule has 2 aromatic rings. The van der Waals surface area contributed by atoms with Gasteiger partial charge >= 0.3 is 6.09 Å². The molecule has 0 aliphatic carbocycles. The van der Waals surface area contributed by atoms with Crippen LogP contribution in [0, 0.1) is 5.92 Å². The Hall–Kier alpha value is -3.14. The van der Waals surface area contributed by atoms with Crippen LogP contribution in [-0.4, -0.2) is 76.5 Å². The molecule has 10 heteroatoms. The topological polar surface area (TPSA) is 120 Å². The normalized spacial score (nSPS) is 23.0. The van der Waals surface area contributed by atoms with Gasteiger partial charge in [-0.05, 0) is 56.2 Å². The average Bonchev–Trinajstić information content (AvgIpc) is 3.16. The molecule has 3 amide bonds. The van der Waals surface area contributed by atoms with Crippen molar-refractivity contribution in [1.82, 2.24) is 25.3 Å². The molecule has 1 unspecified atom stereocenters. The molecule has 3 aliphatic rings. The van der Waals surface area contributed by atoms with Crippen molar-refractivity contribution in [3.05, 3.63) is 23.9 Å². The molecule has 0 radical (unpaired) electrons. The minimum Gasteiger partial charge on any atom is -0.465 e. The van der Waals surface area contributed by atoms with Crippen LogP contribution in [-0.2, 0) is 16.6 Å². The number of anilines is 1. The van der Waals surface area contributed by atoms with Gasteiger partial charge in [-0.15, -0.1) is 0 Å². The third-order valence-electron chi connectivity index (χ3n) is 7.84. The molecular formula is C25H34N6O4. The quantitative estimate of drug-likeness (QED) is 0.558. The lowest BCUT2D eigenvalue weighted by atomic mass is 9.92. The van der Waals surface area contributed by atoms with E-state index < -0.39 is 6.09 Å². The van der Waals surface area contributed by atoms with Crippen molar-refractivity contribution >= 4 is 34.5 Å². The molecule has 3 N–H and O–H groups in total. The summed E-state index contributed by atoms with van der Waals surface area (Å²) in [5.74, 6) is -0.190. The van der Waals surface area contributed by atoms with Crippen LogP contribution in [0.3, 0.4) is 0 Å². The lowest BCUT2D eigenvalue weighted by molar-refractivity contribution is -0.134. The number of hydrogen-bond acceptors (Lipinski definition) is 6. The fourth-order valence-electron chi connectivity index (χ4n) is 5.86. The maximum absolute atomic E-state index is 12.4. The van der Waals surface area contributed by atoms with E-state index in [9.17, 15) is 14.4 Å². The number of amides is 3. The molecule has 1 aromatic carbocycles. The van der Waals surface area contributed by atoms with Gasteiger partial charge < -0.3 is 20.2 Å². The van der Waals surface area contributed by atoms with E-state index in [-0.39, 0.29) is 23.8 Å². The van der Waals surface area contributed by atoms with E-state index in [1.54, 1.807) is 0 Å². The Bertz CT molecular complexity index is 1110. The Morgan fingerprint density at radius 3 is 2.54 bits per heavy atom. The van der Waals surface area contributed by atoms with Crippen LogP contribution >= 0.6 is 0 Å². The van der Waals surface area contributed by atoms with Crippen molar-refractivity contribution in [1.29, 1.82) is 0 Å². The largest absolute Gasteiger partial charge is 0.465 e. The van der Waals surface area contributed by atoms with E-state index >= 15 is 0 Å². The summed E-state index contributed by atoms with van der Waals surface area (Å²) >= 11 is 0. The van der Waals surface area contributed by atoms with Gasteiger partial charge in [0.05, 0.1) is 17.1 Å². The minimum absolute atomic E-state index is 0.0861. The van der Waals surface area contributed by atoms with E-state index in [0.29, 0.717) is 18.8 Å². The first-order valence-corrected chi connectivity index (χ1v) is 12.6. The number of rotatable bonds is 5. The van der Waals surface area contributed by atoms with Gasteiger partial charge in [0.15, 0.2) is 0 Å². The van der Waals surface area contributed by atoms with Gasteiger partial charge in [-0.1, -0.05) is 0 Å². The predicted molar refractivity (Wildman–Crippen MR) is 131 cm³/mol. The van der Waals surface area contributed by atoms with E-state index in [1.165, 1.54) is 5.69 Å². The zero-order chi connectivity index (χ0) is 24.5. The average molecular weight is 483 g/mol. The summed E-state index contributed by atoms with van der Waals surface area (Å²) in [6.07, 6.45) is 3.97. The van der Waals surface area contributed by atoms with Gasteiger partial charge in [0.25, 0.3) is 0 Å². The molecule has 0 spiro atoms. The molecule has 188 valence electrons. The number of imide groups is 1. The molecular weight excluding hydrogens is 448 g/mol. The van der Waals surface area contributed by atoms with Gasteiger partial charge in [-0.2, -0.15) is 5.10 Å². The molecule has 3 aliphatic heterocycles. The van der Waals surface area contributed by atoms with Crippen molar-refractivity contribution in [3.63, 3.8) is 0 Å². The number of hydrogen-bond donors (Lipinski definition) is 3. The SMILES string of the molecule is Cn1nc(C2CCC(=O)NC2=O)c2ccc(N3CCC(CN4CCC(NC(=O)O)CC4)CC3)cc21. The molecule has 3 saturated heterocycles. The highest BCUT2D eigenvalue weighted by atomic mass is 16.4. The molecule has 0 saturated carbocycles. The summed E-state index contributed by atoms with van der Waals surface area (Å²) < 4.78 is 1.84. The van der Waals surface area contributed by atoms with Crippen molar-refractivity contribution < 1.29 is 19.5 Å². The molecule has 1 atom stereocenters. The van der Waals surface area contributed by atoms with Crippen molar-refractivity contribution in [2.24, 2.45) is 13.0 Å². The van der Waals surface area contributed by atoms with Crippen molar-refractivity contribution in [3.8, 4) is 0 Å². The Kier molecular flexibility index (Phi) is 6.64. The Morgan fingerprint density at radius 1 is 1.11 bits per heavy atom. The lowest BCUT2D eigenvalue weighted by Gasteiger charge is -2.38. The van der Waals surface area contributed by atoms with Crippen molar-refractivity contribution in [2.75, 3.05) is 37.6 Å². The smallest absolute Gasteiger partial charge is 0.404 e. The summed E-state index contributed by atoms with van der Waals surface area (Å²) in [7, 11) is 1.91. The van der Waals surface area contributed by atoms with Crippen LogP contribution < -0.4 is 15.5 Å². The first kappa shape index (κ1) is 23.6. The van der Waals surface area contributed by atoms with E-state index in [2.05, 4.69) is 43.7 Å². The number of carbonyl (C=O) groups excluding carboxylic acids is 2. The Balaban J connectivity index is 1.18. The highest BCUT2D eigenvalue weighted by molar-refractivity contribution is 6.02. The summed E-state index contributed by atoms with van der Waals surface area (Å²) in [6, 6.07) is 6.44. The van der Waals surface area contributed by atoms with Crippen molar-refractivity contribution in [2.45, 2.75) is 50.5 Å². The van der Waals surface area contributed by atoms with Gasteiger partial charge in [-0.3, -0.25) is 19.6 Å². The number of carboxylic acid groups (broad SMARTS) is 1. The second kappa shape index (κ2) is 9.85. The van der Waals surface area contributed by atoms with Gasteiger partial charge in [0.1, 0.15) is 0 Å². The Labute approximate surface area is 204 Å². The van der Waals surface area contributed by atoms with Gasteiger partial charge in [-0.25, -0.2) is 4.79 Å². The molecule has 3 fully saturated rings. The van der Waals surface area contributed by atoms with E-state index in [0.717, 1.165) is 75.0 Å². The Morgan fingerprint density at radius 2 is 1.86 bits per heavy atom. The van der Waals surface area contributed by atoms with Crippen LogP contribution in [0.5, 0.6) is 0 Å². The first-order valence-electron chi connectivity index (χ1n) is 12.6. The van der Waals surface area contributed by atoms with Crippen LogP contribution in [0.4, 0.5) is 10.5 Å². The summed E-state index contributed by atoms with van der Waals surface area (Å²) in [5, 5.41) is 19.6. The molecule has 5 rings (SSSR count). The van der Waals surface area contributed by atoms with E-state index in [1.807, 2.05) is 11.7 Å². The number of nitrogens with one attached hydrogen (secondary N) is 2. The zero-order valence-electron chi connectivity index (χ0n) is 20.2. The highest BCUT2D eigenvalue weighted by Crippen LogP contribution is 2.33. The van der Waals surface area contributed by atoms with Gasteiger partial charge in [0, 0.05) is 63.3 Å². The summed E-state index contributed by atoms with van der Waals surface area (Å²) in [5.41, 5.74) is 2.93. The number of piperidine rings is 3. The monoisotopic (exact) mass is 482 g/mol. The molecule has 1 aromatic heterocycles. The molecule has 0 bridgehead atoms. The standard InChI is InChI=1S/C25H34N6O4/c1-29-21-14-18(2-3-19(21)23(28-29)20-4-5-22(32)27-24(20)33)31-12-6-16(7-13-31)15-30-10-8-17(9-11-30)26-25(34)35/h2-3,14,16-17,20,26H,4-13,15H2,1H3,(H,34,35)(H,27,32,33). The van der Waals surface area contributed by atoms with Crippen LogP contribution in [0.2, 0.25) is 0 Å². The van der Waals surface area contributed by atoms with Gasteiger partial charge in [0.2, 0.25) is 11.8 Å². The number of aryl methyl sites for hydroxylation is 1. The lowest BCUT2D eigenvalue weighted by Crippen LogP contribution is -2.46. The van der Waals surface area contributed by atoms with Crippen LogP contribution in [0.15, 0.2) is 18.2 Å². The van der Waals surface area contributed by atoms with Crippen LogP contribution in [0.25, 0.3) is 10.9 Å². The minimum atomic E-state index is -0.924. The summed E-state index contributed by atoms with van der Waals surface area (Å²) in [6.45, 7) is 5.01. The predicted octanol–water partition coefficient (Wildman–Crippen LogP) is 2.04. The molecule has 4 heterocycles. The fourth-order valence-corrected chi connectivity index (χ4v) is 5.86. The maximum atomic E-state index is 12.4. The third kappa shape index (κ3) is 5.12. The highest BCUT2D eigenvalue weighted by Gasteiger charge is 2.32. The number of fused-ring (bicyclic) bond motifs is 1. The number of likely N-dealkylation sites (tertiary alicyclic amines) is 1.